The largest absolute Gasteiger partial charge is 0.260 e. The van der Waals surface area contributed by atoms with Crippen LogP contribution in [0.3, 0.4) is 0 Å². The van der Waals surface area contributed by atoms with Crippen LogP contribution >= 0.6 is 0 Å². The number of hydrogen-bond acceptors (Lipinski definition) is 4. The smallest absolute Gasteiger partial charge is 0.0717 e. The quantitative estimate of drug-likeness (QED) is 0.199. The van der Waals surface area contributed by atoms with Gasteiger partial charge < -0.3 is 0 Å². The molecule has 1 atom stereocenters. The molecule has 0 saturated carbocycles. The highest BCUT2D eigenvalue weighted by Gasteiger charge is 2.28. The van der Waals surface area contributed by atoms with Gasteiger partial charge in [0.15, 0.2) is 0 Å². The zero-order chi connectivity index (χ0) is 29.7. The number of aromatic nitrogens is 3. The highest BCUT2D eigenvalue weighted by Crippen LogP contribution is 2.40. The Morgan fingerprint density at radius 1 is 0.591 bits per heavy atom. The van der Waals surface area contributed by atoms with Gasteiger partial charge in [0.05, 0.1) is 22.8 Å². The van der Waals surface area contributed by atoms with Gasteiger partial charge in [-0.05, 0) is 107 Å². The van der Waals surface area contributed by atoms with Crippen molar-refractivity contribution in [1.82, 2.24) is 15.0 Å². The molecule has 8 rings (SSSR count). The Bertz CT molecular complexity index is 2250. The van der Waals surface area contributed by atoms with E-state index in [4.69, 9.17) is 9.98 Å². The molecule has 210 valence electrons. The van der Waals surface area contributed by atoms with Crippen molar-refractivity contribution in [3.05, 3.63) is 145 Å². The van der Waals surface area contributed by atoms with Gasteiger partial charge in [0.25, 0.3) is 0 Å². The second kappa shape index (κ2) is 10.4. The molecule has 7 aromatic rings. The average Bonchev–Trinajstić information content (AvgIpc) is 3.09. The highest BCUT2D eigenvalue weighted by molar-refractivity contribution is 6.26. The van der Waals surface area contributed by atoms with E-state index in [1.807, 2.05) is 48.9 Å². The Morgan fingerprint density at radius 3 is 2.00 bits per heavy atom. The van der Waals surface area contributed by atoms with Crippen LogP contribution in [-0.4, -0.2) is 21.2 Å². The summed E-state index contributed by atoms with van der Waals surface area (Å²) in [6.07, 6.45) is 10.8. The predicted octanol–water partition coefficient (Wildman–Crippen LogP) is 9.75. The molecule has 3 aromatic heterocycles. The van der Waals surface area contributed by atoms with Gasteiger partial charge in [-0.3, -0.25) is 19.9 Å². The van der Waals surface area contributed by atoms with Crippen LogP contribution in [0.1, 0.15) is 30.2 Å². The molecule has 4 heterocycles. The van der Waals surface area contributed by atoms with E-state index in [0.717, 1.165) is 45.9 Å². The molecule has 44 heavy (non-hydrogen) atoms. The maximum absolute atomic E-state index is 4.97. The number of hydrogen-bond donors (Lipinski definition) is 0. The second-order valence-corrected chi connectivity index (χ2v) is 11.8. The highest BCUT2D eigenvalue weighted by atomic mass is 14.8. The molecule has 0 radical (unpaired) electrons. The normalized spacial score (nSPS) is 16.5. The van der Waals surface area contributed by atoms with E-state index in [0.29, 0.717) is 0 Å². The van der Waals surface area contributed by atoms with Crippen LogP contribution in [0.15, 0.2) is 133 Å². The first-order valence-electron chi connectivity index (χ1n) is 15.0. The van der Waals surface area contributed by atoms with Crippen molar-refractivity contribution in [2.75, 3.05) is 0 Å². The van der Waals surface area contributed by atoms with E-state index in [1.165, 1.54) is 37.9 Å². The van der Waals surface area contributed by atoms with Crippen molar-refractivity contribution in [2.24, 2.45) is 4.99 Å². The molecule has 0 bridgehead atoms. The second-order valence-electron chi connectivity index (χ2n) is 11.8. The fraction of sp³-hybridized carbons (Fsp3) is 0.100. The lowest BCUT2D eigenvalue weighted by Gasteiger charge is -2.26. The zero-order valence-corrected chi connectivity index (χ0v) is 24.7. The fourth-order valence-corrected chi connectivity index (χ4v) is 6.47. The van der Waals surface area contributed by atoms with Crippen LogP contribution in [0, 0.1) is 6.92 Å². The van der Waals surface area contributed by atoms with E-state index >= 15 is 0 Å². The maximum Gasteiger partial charge on any atom is 0.0717 e. The third kappa shape index (κ3) is 4.38. The monoisotopic (exact) mass is 566 g/mol. The minimum atomic E-state index is -0.212. The van der Waals surface area contributed by atoms with Gasteiger partial charge in [0.2, 0.25) is 0 Å². The summed E-state index contributed by atoms with van der Waals surface area (Å²) in [5.74, 6) is 0. The lowest BCUT2D eigenvalue weighted by molar-refractivity contribution is 0.634. The number of rotatable bonds is 4. The van der Waals surface area contributed by atoms with Crippen molar-refractivity contribution in [3.63, 3.8) is 0 Å². The minimum absolute atomic E-state index is 0.212. The number of aryl methyl sites for hydroxylation is 1. The van der Waals surface area contributed by atoms with Gasteiger partial charge in [-0.2, -0.15) is 0 Å². The lowest BCUT2D eigenvalue weighted by Crippen LogP contribution is -2.26. The Labute approximate surface area is 256 Å². The molecule has 1 aliphatic heterocycles. The molecule has 0 spiro atoms. The van der Waals surface area contributed by atoms with E-state index < -0.39 is 0 Å². The molecule has 0 aliphatic carbocycles. The first-order valence-corrected chi connectivity index (χ1v) is 15.0. The predicted molar refractivity (Wildman–Crippen MR) is 183 cm³/mol. The molecule has 1 unspecified atom stereocenters. The van der Waals surface area contributed by atoms with Crippen LogP contribution in [-0.2, 0) is 5.41 Å². The Morgan fingerprint density at radius 2 is 1.30 bits per heavy atom. The van der Waals surface area contributed by atoms with Crippen LogP contribution in [0.2, 0.25) is 0 Å². The third-order valence-corrected chi connectivity index (χ3v) is 8.94. The van der Waals surface area contributed by atoms with E-state index in [-0.39, 0.29) is 5.41 Å². The molecule has 0 fully saturated rings. The summed E-state index contributed by atoms with van der Waals surface area (Å²) < 4.78 is 0. The van der Waals surface area contributed by atoms with Gasteiger partial charge in [0, 0.05) is 46.9 Å². The number of benzene rings is 4. The SMILES string of the molecule is Cc1cc2c3ccccc3c3ccc(C4=CCC(C)(c5ccccn5)C=N4)cc3c2cc1-c1ccc(-c2ccccn2)cn1. The standard InChI is InChI=1S/C40H30N4/c1-26-21-33-30-10-4-3-9-29(30)31-15-13-27(37-17-18-40(2,25-44-37)39-12-6-8-20-42-39)22-34(31)35(33)23-32(26)38-16-14-28(24-43-38)36-11-5-7-19-41-36/h3-17,19-25H,18H2,1-2H3. The summed E-state index contributed by atoms with van der Waals surface area (Å²) >= 11 is 0. The minimum Gasteiger partial charge on any atom is -0.260 e. The number of aliphatic imine (C=N–C) groups is 1. The van der Waals surface area contributed by atoms with E-state index in [9.17, 15) is 0 Å². The van der Waals surface area contributed by atoms with E-state index in [1.54, 1.807) is 0 Å². The summed E-state index contributed by atoms with van der Waals surface area (Å²) in [5.41, 5.74) is 8.17. The molecular formula is C40H30N4. The summed E-state index contributed by atoms with van der Waals surface area (Å²) in [4.78, 5) is 19.0. The lowest BCUT2D eigenvalue weighted by atomic mass is 9.82. The molecular weight excluding hydrogens is 536 g/mol. The first kappa shape index (κ1) is 26.2. The van der Waals surface area contributed by atoms with Crippen molar-refractivity contribution < 1.29 is 0 Å². The number of allylic oxidation sites excluding steroid dienone is 1. The molecule has 0 N–H and O–H groups in total. The van der Waals surface area contributed by atoms with Crippen LogP contribution in [0.25, 0.3) is 60.5 Å². The Kier molecular flexibility index (Phi) is 6.16. The number of nitrogens with zero attached hydrogens (tertiary/aromatic N) is 4. The van der Waals surface area contributed by atoms with E-state index in [2.05, 4.69) is 109 Å². The van der Waals surface area contributed by atoms with Gasteiger partial charge in [0.1, 0.15) is 0 Å². The maximum atomic E-state index is 4.97. The van der Waals surface area contributed by atoms with Gasteiger partial charge in [-0.15, -0.1) is 0 Å². The molecule has 4 nitrogen and oxygen atoms in total. The number of pyridine rings is 3. The van der Waals surface area contributed by atoms with Crippen LogP contribution < -0.4 is 0 Å². The third-order valence-electron chi connectivity index (χ3n) is 8.94. The van der Waals surface area contributed by atoms with Crippen LogP contribution in [0.5, 0.6) is 0 Å². The molecule has 4 aromatic carbocycles. The van der Waals surface area contributed by atoms with Crippen molar-refractivity contribution in [3.8, 4) is 22.5 Å². The summed E-state index contributed by atoms with van der Waals surface area (Å²) in [6, 6.07) is 36.4. The fourth-order valence-electron chi connectivity index (χ4n) is 6.47. The first-order chi connectivity index (χ1) is 21.6. The Balaban J connectivity index is 1.27. The molecule has 0 amide bonds. The van der Waals surface area contributed by atoms with Gasteiger partial charge in [-0.1, -0.05) is 60.7 Å². The molecule has 4 heteroatoms. The van der Waals surface area contributed by atoms with Crippen molar-refractivity contribution >= 4 is 44.2 Å². The average molecular weight is 567 g/mol. The van der Waals surface area contributed by atoms with Crippen molar-refractivity contribution in [2.45, 2.75) is 25.7 Å². The van der Waals surface area contributed by atoms with Gasteiger partial charge >= 0.3 is 0 Å². The topological polar surface area (TPSA) is 51.0 Å². The summed E-state index contributed by atoms with van der Waals surface area (Å²) in [5, 5.41) is 7.45. The van der Waals surface area contributed by atoms with Crippen LogP contribution in [0.4, 0.5) is 0 Å². The van der Waals surface area contributed by atoms with Crippen molar-refractivity contribution in [1.29, 1.82) is 0 Å². The molecule has 1 aliphatic rings. The zero-order valence-electron chi connectivity index (χ0n) is 24.7. The Hall–Kier alpha value is -5.48. The van der Waals surface area contributed by atoms with Gasteiger partial charge in [-0.25, -0.2) is 0 Å². The molecule has 0 saturated heterocycles. The summed E-state index contributed by atoms with van der Waals surface area (Å²) in [7, 11) is 0. The number of fused-ring (bicyclic) bond motifs is 6. The summed E-state index contributed by atoms with van der Waals surface area (Å²) in [6.45, 7) is 4.38.